The van der Waals surface area contributed by atoms with Crippen LogP contribution in [0.3, 0.4) is 0 Å². The molecule has 0 aliphatic carbocycles. The maximum atomic E-state index is 9.85. The van der Waals surface area contributed by atoms with E-state index in [1.54, 1.807) is 11.3 Å². The summed E-state index contributed by atoms with van der Waals surface area (Å²) in [4.78, 5) is 1.24. The third kappa shape index (κ3) is 5.95. The number of rotatable bonds is 4. The van der Waals surface area contributed by atoms with E-state index in [9.17, 15) is 5.11 Å². The molecule has 1 atom stereocenters. The van der Waals surface area contributed by atoms with Crippen LogP contribution in [-0.4, -0.2) is 21.7 Å². The Kier molecular flexibility index (Phi) is 5.16. The minimum absolute atomic E-state index is 0.233. The Morgan fingerprint density at radius 2 is 2.20 bits per heavy atom. The van der Waals surface area contributed by atoms with Crippen LogP contribution < -0.4 is 0 Å². The van der Waals surface area contributed by atoms with Crippen molar-refractivity contribution >= 4 is 39.0 Å². The molecule has 1 rings (SSSR count). The molecule has 0 radical (unpaired) electrons. The minimum atomic E-state index is -0.236. The molecule has 0 aliphatic heterocycles. The van der Waals surface area contributed by atoms with Crippen LogP contribution in [0.1, 0.15) is 25.6 Å². The Balaban J connectivity index is 2.33. The molecule has 0 fully saturated rings. The van der Waals surface area contributed by atoms with Gasteiger partial charge in [-0.25, -0.2) is 0 Å². The smallest absolute Gasteiger partial charge is 0.0678 e. The molecule has 1 aromatic heterocycles. The lowest BCUT2D eigenvalue weighted by atomic mass is 10.2. The highest BCUT2D eigenvalue weighted by atomic mass is 79.9. The summed E-state index contributed by atoms with van der Waals surface area (Å²) in [7, 11) is 0. The molecule has 0 bridgehead atoms. The standard InChI is InChI=1S/C11H17BrOS2/c1-11(2,3)15-7-9(13)5-10-4-8(12)6-14-10/h4,6,9,13H,5,7H2,1-3H3. The van der Waals surface area contributed by atoms with Crippen molar-refractivity contribution in [1.29, 1.82) is 0 Å². The zero-order valence-electron chi connectivity index (χ0n) is 9.29. The number of hydrogen-bond acceptors (Lipinski definition) is 3. The van der Waals surface area contributed by atoms with Crippen molar-refractivity contribution in [3.8, 4) is 0 Å². The molecule has 0 amide bonds. The number of thiophene rings is 1. The molecule has 0 aromatic carbocycles. The molecule has 0 aliphatic rings. The second-order valence-corrected chi connectivity index (χ2v) is 8.27. The topological polar surface area (TPSA) is 20.2 Å². The van der Waals surface area contributed by atoms with Gasteiger partial charge in [0.25, 0.3) is 0 Å². The predicted octanol–water partition coefficient (Wildman–Crippen LogP) is 3.95. The van der Waals surface area contributed by atoms with Crippen molar-refractivity contribution in [2.45, 2.75) is 38.0 Å². The van der Waals surface area contributed by atoms with E-state index in [2.05, 4.69) is 48.1 Å². The van der Waals surface area contributed by atoms with Crippen LogP contribution in [0.25, 0.3) is 0 Å². The van der Waals surface area contributed by atoms with Gasteiger partial charge in [-0.15, -0.1) is 11.3 Å². The van der Waals surface area contributed by atoms with E-state index in [4.69, 9.17) is 0 Å². The fourth-order valence-electron chi connectivity index (χ4n) is 1.10. The average molecular weight is 309 g/mol. The zero-order valence-corrected chi connectivity index (χ0v) is 12.5. The van der Waals surface area contributed by atoms with E-state index in [0.29, 0.717) is 0 Å². The van der Waals surface area contributed by atoms with Crippen LogP contribution in [0.2, 0.25) is 0 Å². The molecule has 1 aromatic rings. The first-order valence-corrected chi connectivity index (χ1v) is 7.57. The lowest BCUT2D eigenvalue weighted by molar-refractivity contribution is 0.201. The molecular formula is C11H17BrOS2. The van der Waals surface area contributed by atoms with Crippen LogP contribution in [-0.2, 0) is 6.42 Å². The maximum absolute atomic E-state index is 9.85. The van der Waals surface area contributed by atoms with Crippen LogP contribution in [0, 0.1) is 0 Å². The lowest BCUT2D eigenvalue weighted by Gasteiger charge is -2.19. The van der Waals surface area contributed by atoms with Gasteiger partial charge in [0.15, 0.2) is 0 Å². The molecule has 0 saturated carbocycles. The Morgan fingerprint density at radius 3 is 2.67 bits per heavy atom. The van der Waals surface area contributed by atoms with E-state index < -0.39 is 0 Å². The van der Waals surface area contributed by atoms with Gasteiger partial charge in [0, 0.05) is 31.7 Å². The minimum Gasteiger partial charge on any atom is -0.392 e. The van der Waals surface area contributed by atoms with Crippen LogP contribution in [0.15, 0.2) is 15.9 Å². The van der Waals surface area contributed by atoms with E-state index >= 15 is 0 Å². The zero-order chi connectivity index (χ0) is 11.5. The summed E-state index contributed by atoms with van der Waals surface area (Å²) in [6.07, 6.45) is 0.527. The normalized spacial score (nSPS) is 14.2. The summed E-state index contributed by atoms with van der Waals surface area (Å²) >= 11 is 6.92. The third-order valence-electron chi connectivity index (χ3n) is 1.77. The highest BCUT2D eigenvalue weighted by Crippen LogP contribution is 2.26. The van der Waals surface area contributed by atoms with E-state index in [-0.39, 0.29) is 10.9 Å². The van der Waals surface area contributed by atoms with Crippen LogP contribution >= 0.6 is 39.0 Å². The van der Waals surface area contributed by atoms with Gasteiger partial charge in [-0.05, 0) is 22.0 Å². The molecule has 1 N–H and O–H groups in total. The summed E-state index contributed by atoms with van der Waals surface area (Å²) < 4.78 is 1.34. The number of aliphatic hydroxyl groups excluding tert-OH is 1. The van der Waals surface area contributed by atoms with Crippen molar-refractivity contribution in [2.75, 3.05) is 5.75 Å². The lowest BCUT2D eigenvalue weighted by Crippen LogP contribution is -2.18. The Morgan fingerprint density at radius 1 is 1.53 bits per heavy atom. The summed E-state index contributed by atoms with van der Waals surface area (Å²) in [5, 5.41) is 11.9. The monoisotopic (exact) mass is 308 g/mol. The first-order valence-electron chi connectivity index (χ1n) is 4.92. The second-order valence-electron chi connectivity index (χ2n) is 4.51. The van der Waals surface area contributed by atoms with Crippen molar-refractivity contribution < 1.29 is 5.11 Å². The van der Waals surface area contributed by atoms with Gasteiger partial charge in [-0.2, -0.15) is 11.8 Å². The number of halogens is 1. The van der Waals surface area contributed by atoms with Crippen molar-refractivity contribution in [2.24, 2.45) is 0 Å². The van der Waals surface area contributed by atoms with Gasteiger partial charge in [-0.1, -0.05) is 20.8 Å². The SMILES string of the molecule is CC(C)(C)SCC(O)Cc1cc(Br)cs1. The number of thioether (sulfide) groups is 1. The van der Waals surface area contributed by atoms with Gasteiger partial charge in [-0.3, -0.25) is 0 Å². The van der Waals surface area contributed by atoms with E-state index in [0.717, 1.165) is 16.6 Å². The van der Waals surface area contributed by atoms with Crippen LogP contribution in [0.5, 0.6) is 0 Å². The Hall–Kier alpha value is 0.490. The fraction of sp³-hybridized carbons (Fsp3) is 0.636. The molecule has 0 spiro atoms. The molecule has 1 unspecified atom stereocenters. The van der Waals surface area contributed by atoms with E-state index in [1.165, 1.54) is 4.88 Å². The molecular weight excluding hydrogens is 292 g/mol. The quantitative estimate of drug-likeness (QED) is 0.909. The largest absolute Gasteiger partial charge is 0.392 e. The fourth-order valence-corrected chi connectivity index (χ4v) is 3.43. The molecule has 1 nitrogen and oxygen atoms in total. The number of hydrogen-bond donors (Lipinski definition) is 1. The van der Waals surface area contributed by atoms with Gasteiger partial charge in [0.1, 0.15) is 0 Å². The van der Waals surface area contributed by atoms with E-state index in [1.807, 2.05) is 11.8 Å². The van der Waals surface area contributed by atoms with Crippen molar-refractivity contribution in [3.05, 3.63) is 20.8 Å². The van der Waals surface area contributed by atoms with Gasteiger partial charge in [0.05, 0.1) is 6.10 Å². The van der Waals surface area contributed by atoms with Gasteiger partial charge >= 0.3 is 0 Å². The third-order valence-corrected chi connectivity index (χ3v) is 4.90. The maximum Gasteiger partial charge on any atom is 0.0678 e. The summed E-state index contributed by atoms with van der Waals surface area (Å²) in [6, 6.07) is 2.08. The Labute approximate surface area is 108 Å². The number of aliphatic hydroxyl groups is 1. The van der Waals surface area contributed by atoms with Gasteiger partial charge < -0.3 is 5.11 Å². The Bertz CT molecular complexity index is 304. The van der Waals surface area contributed by atoms with Gasteiger partial charge in [0.2, 0.25) is 0 Å². The van der Waals surface area contributed by atoms with Crippen molar-refractivity contribution in [3.63, 3.8) is 0 Å². The molecule has 0 saturated heterocycles. The highest BCUT2D eigenvalue weighted by molar-refractivity contribution is 9.10. The summed E-state index contributed by atoms with van der Waals surface area (Å²) in [5.74, 6) is 0.805. The van der Waals surface area contributed by atoms with Crippen LogP contribution in [0.4, 0.5) is 0 Å². The first kappa shape index (κ1) is 13.6. The van der Waals surface area contributed by atoms with Crippen molar-refractivity contribution in [1.82, 2.24) is 0 Å². The first-order chi connectivity index (χ1) is 6.87. The molecule has 15 heavy (non-hydrogen) atoms. The molecule has 1 heterocycles. The second kappa shape index (κ2) is 5.71. The molecule has 4 heteroatoms. The molecule has 86 valence electrons. The predicted molar refractivity (Wildman–Crippen MR) is 73.9 cm³/mol. The highest BCUT2D eigenvalue weighted by Gasteiger charge is 2.14. The summed E-state index contributed by atoms with van der Waals surface area (Å²) in [6.45, 7) is 6.52. The summed E-state index contributed by atoms with van der Waals surface area (Å²) in [5.41, 5.74) is 0. The average Bonchev–Trinajstić information content (AvgIpc) is 2.47.